The topological polar surface area (TPSA) is 24.5 Å². The smallest absolute Gasteiger partial charge is 0.0749 e. The Bertz CT molecular complexity index is 413. The van der Waals surface area contributed by atoms with E-state index in [9.17, 15) is 0 Å². The fourth-order valence-electron chi connectivity index (χ4n) is 2.88. The zero-order valence-corrected chi connectivity index (χ0v) is 13.1. The predicted octanol–water partition coefficient (Wildman–Crippen LogP) is 3.11. The number of aryl methyl sites for hydroxylation is 1. The molecule has 1 atom stereocenters. The Morgan fingerprint density at radius 2 is 2.20 bits per heavy atom. The van der Waals surface area contributed by atoms with Crippen LogP contribution in [-0.4, -0.2) is 32.8 Å². The normalized spacial score (nSPS) is 19.1. The van der Waals surface area contributed by atoms with Gasteiger partial charge in [0.15, 0.2) is 0 Å². The van der Waals surface area contributed by atoms with E-state index in [1.54, 1.807) is 0 Å². The molecule has 1 unspecified atom stereocenters. The van der Waals surface area contributed by atoms with E-state index < -0.39 is 0 Å². The summed E-state index contributed by atoms with van der Waals surface area (Å²) in [5, 5.41) is 3.37. The van der Waals surface area contributed by atoms with E-state index in [-0.39, 0.29) is 0 Å². The third-order valence-electron chi connectivity index (χ3n) is 4.00. The molecule has 0 spiro atoms. The van der Waals surface area contributed by atoms with Crippen molar-refractivity contribution in [2.75, 3.05) is 31.6 Å². The highest BCUT2D eigenvalue weighted by molar-refractivity contribution is 5.54. The number of benzene rings is 1. The van der Waals surface area contributed by atoms with Gasteiger partial charge in [-0.2, -0.15) is 0 Å². The molecule has 1 aromatic rings. The van der Waals surface area contributed by atoms with Gasteiger partial charge in [0.1, 0.15) is 0 Å². The summed E-state index contributed by atoms with van der Waals surface area (Å²) in [5.74, 6) is 0. The Labute approximate surface area is 123 Å². The van der Waals surface area contributed by atoms with Crippen molar-refractivity contribution in [3.8, 4) is 0 Å². The van der Waals surface area contributed by atoms with Crippen molar-refractivity contribution < 1.29 is 4.74 Å². The van der Waals surface area contributed by atoms with Gasteiger partial charge in [-0.25, -0.2) is 0 Å². The second-order valence-electron chi connectivity index (χ2n) is 5.77. The van der Waals surface area contributed by atoms with Crippen LogP contribution in [0.5, 0.6) is 0 Å². The Balaban J connectivity index is 1.96. The SMILES string of the molecule is CCNCc1ccc(N(C)CC2CCCCO2)c(C)c1. The highest BCUT2D eigenvalue weighted by atomic mass is 16.5. The van der Waals surface area contributed by atoms with Gasteiger partial charge in [-0.1, -0.05) is 19.1 Å². The van der Waals surface area contributed by atoms with Crippen molar-refractivity contribution in [3.05, 3.63) is 29.3 Å². The van der Waals surface area contributed by atoms with Crippen LogP contribution in [0.3, 0.4) is 0 Å². The van der Waals surface area contributed by atoms with Crippen LogP contribution < -0.4 is 10.2 Å². The van der Waals surface area contributed by atoms with Gasteiger partial charge < -0.3 is 15.0 Å². The number of ether oxygens (including phenoxy) is 1. The molecule has 0 radical (unpaired) electrons. The molecule has 1 heterocycles. The average Bonchev–Trinajstić information content (AvgIpc) is 2.46. The number of likely N-dealkylation sites (N-methyl/N-ethyl adjacent to an activating group) is 1. The van der Waals surface area contributed by atoms with E-state index in [0.717, 1.165) is 26.2 Å². The first-order valence-electron chi connectivity index (χ1n) is 7.83. The lowest BCUT2D eigenvalue weighted by atomic mass is 10.1. The second-order valence-corrected chi connectivity index (χ2v) is 5.77. The van der Waals surface area contributed by atoms with Crippen LogP contribution in [0, 0.1) is 6.92 Å². The van der Waals surface area contributed by atoms with Gasteiger partial charge in [0, 0.05) is 32.4 Å². The summed E-state index contributed by atoms with van der Waals surface area (Å²) < 4.78 is 5.84. The fraction of sp³-hybridized carbons (Fsp3) is 0.647. The maximum Gasteiger partial charge on any atom is 0.0749 e. The van der Waals surface area contributed by atoms with Crippen LogP contribution in [0.4, 0.5) is 5.69 Å². The minimum absolute atomic E-state index is 0.398. The predicted molar refractivity (Wildman–Crippen MR) is 85.4 cm³/mol. The van der Waals surface area contributed by atoms with E-state index in [1.165, 1.54) is 36.1 Å². The third kappa shape index (κ3) is 4.22. The Kier molecular flexibility index (Phi) is 5.86. The molecular formula is C17H28N2O. The van der Waals surface area contributed by atoms with Crippen molar-refractivity contribution in [2.45, 2.75) is 45.8 Å². The summed E-state index contributed by atoms with van der Waals surface area (Å²) in [7, 11) is 2.17. The molecule has 3 nitrogen and oxygen atoms in total. The lowest BCUT2D eigenvalue weighted by Crippen LogP contribution is -2.33. The van der Waals surface area contributed by atoms with Gasteiger partial charge in [-0.15, -0.1) is 0 Å². The van der Waals surface area contributed by atoms with Gasteiger partial charge in [0.2, 0.25) is 0 Å². The summed E-state index contributed by atoms with van der Waals surface area (Å²) in [6, 6.07) is 6.75. The Morgan fingerprint density at radius 3 is 2.85 bits per heavy atom. The number of anilines is 1. The molecule has 1 saturated heterocycles. The summed E-state index contributed by atoms with van der Waals surface area (Å²) in [4.78, 5) is 2.34. The van der Waals surface area contributed by atoms with Crippen molar-refractivity contribution in [1.29, 1.82) is 0 Å². The van der Waals surface area contributed by atoms with E-state index in [1.807, 2.05) is 0 Å². The zero-order chi connectivity index (χ0) is 14.4. The van der Waals surface area contributed by atoms with Crippen LogP contribution in [0.25, 0.3) is 0 Å². The first kappa shape index (κ1) is 15.3. The summed E-state index contributed by atoms with van der Waals surface area (Å²) >= 11 is 0. The molecule has 2 rings (SSSR count). The Morgan fingerprint density at radius 1 is 1.35 bits per heavy atom. The molecule has 20 heavy (non-hydrogen) atoms. The monoisotopic (exact) mass is 276 g/mol. The lowest BCUT2D eigenvalue weighted by Gasteiger charge is -2.29. The molecule has 1 aliphatic heterocycles. The third-order valence-corrected chi connectivity index (χ3v) is 4.00. The first-order valence-corrected chi connectivity index (χ1v) is 7.83. The van der Waals surface area contributed by atoms with Crippen LogP contribution in [0.2, 0.25) is 0 Å². The Hall–Kier alpha value is -1.06. The molecule has 1 fully saturated rings. The summed E-state index contributed by atoms with van der Waals surface area (Å²) in [6.45, 7) is 8.22. The number of hydrogen-bond donors (Lipinski definition) is 1. The van der Waals surface area contributed by atoms with Gasteiger partial charge >= 0.3 is 0 Å². The van der Waals surface area contributed by atoms with Crippen molar-refractivity contribution in [1.82, 2.24) is 5.32 Å². The number of nitrogens with one attached hydrogen (secondary N) is 1. The van der Waals surface area contributed by atoms with Gasteiger partial charge in [0.05, 0.1) is 6.10 Å². The number of nitrogens with zero attached hydrogens (tertiary/aromatic N) is 1. The largest absolute Gasteiger partial charge is 0.376 e. The molecule has 0 amide bonds. The van der Waals surface area contributed by atoms with Gasteiger partial charge in [-0.3, -0.25) is 0 Å². The second kappa shape index (κ2) is 7.65. The highest BCUT2D eigenvalue weighted by Gasteiger charge is 2.16. The molecule has 3 heteroatoms. The molecule has 0 bridgehead atoms. The zero-order valence-electron chi connectivity index (χ0n) is 13.1. The fourth-order valence-corrected chi connectivity index (χ4v) is 2.88. The molecular weight excluding hydrogens is 248 g/mol. The van der Waals surface area contributed by atoms with Crippen molar-refractivity contribution in [2.24, 2.45) is 0 Å². The van der Waals surface area contributed by atoms with Crippen molar-refractivity contribution >= 4 is 5.69 Å². The molecule has 0 aliphatic carbocycles. The molecule has 0 aromatic heterocycles. The minimum atomic E-state index is 0.398. The number of hydrogen-bond acceptors (Lipinski definition) is 3. The van der Waals surface area contributed by atoms with Crippen LogP contribution >= 0.6 is 0 Å². The van der Waals surface area contributed by atoms with E-state index in [2.05, 4.69) is 49.3 Å². The maximum atomic E-state index is 5.84. The van der Waals surface area contributed by atoms with E-state index >= 15 is 0 Å². The van der Waals surface area contributed by atoms with Crippen molar-refractivity contribution in [3.63, 3.8) is 0 Å². The van der Waals surface area contributed by atoms with Gasteiger partial charge in [0.25, 0.3) is 0 Å². The lowest BCUT2D eigenvalue weighted by molar-refractivity contribution is 0.0216. The summed E-state index contributed by atoms with van der Waals surface area (Å²) in [6.07, 6.45) is 4.12. The average molecular weight is 276 g/mol. The van der Waals surface area contributed by atoms with E-state index in [0.29, 0.717) is 6.10 Å². The minimum Gasteiger partial charge on any atom is -0.376 e. The molecule has 1 N–H and O–H groups in total. The number of rotatable bonds is 6. The maximum absolute atomic E-state index is 5.84. The summed E-state index contributed by atoms with van der Waals surface area (Å²) in [5.41, 5.74) is 4.02. The van der Waals surface area contributed by atoms with Crippen LogP contribution in [0.1, 0.15) is 37.3 Å². The molecule has 1 aromatic carbocycles. The van der Waals surface area contributed by atoms with Crippen LogP contribution in [-0.2, 0) is 11.3 Å². The molecule has 1 aliphatic rings. The molecule has 0 saturated carbocycles. The van der Waals surface area contributed by atoms with E-state index in [4.69, 9.17) is 4.74 Å². The van der Waals surface area contributed by atoms with Gasteiger partial charge in [-0.05, 0) is 49.9 Å². The molecule has 112 valence electrons. The first-order chi connectivity index (χ1) is 9.70. The highest BCUT2D eigenvalue weighted by Crippen LogP contribution is 2.22. The van der Waals surface area contributed by atoms with Crippen LogP contribution in [0.15, 0.2) is 18.2 Å². The standard InChI is InChI=1S/C17H28N2O/c1-4-18-12-15-8-9-17(14(2)11-15)19(3)13-16-7-5-6-10-20-16/h8-9,11,16,18H,4-7,10,12-13H2,1-3H3. The quantitative estimate of drug-likeness (QED) is 0.864.